The highest BCUT2D eigenvalue weighted by Crippen LogP contribution is 2.40. The van der Waals surface area contributed by atoms with Crippen molar-refractivity contribution in [2.45, 2.75) is 24.7 Å². The quantitative estimate of drug-likeness (QED) is 0.205. The van der Waals surface area contributed by atoms with Gasteiger partial charge in [0.15, 0.2) is 0 Å². The molecule has 0 unspecified atom stereocenters. The van der Waals surface area contributed by atoms with E-state index in [4.69, 9.17) is 9.47 Å². The van der Waals surface area contributed by atoms with Gasteiger partial charge in [-0.2, -0.15) is 0 Å². The minimum Gasteiger partial charge on any atom is -0.394 e. The van der Waals surface area contributed by atoms with Crippen molar-refractivity contribution in [3.05, 3.63) is 144 Å². The number of aliphatic hydroxyl groups excluding tert-OH is 1. The Bertz CT molecular complexity index is 1270. The number of para-hydroxylation sites is 1. The van der Waals surface area contributed by atoms with Crippen molar-refractivity contribution in [1.29, 1.82) is 0 Å². The molecular weight excluding hydrogens is 458 g/mol. The number of aryl methyl sites for hydroxylation is 1. The molecule has 5 aromatic rings. The molecule has 0 saturated heterocycles. The molecule has 5 rings (SSSR count). The molecule has 1 N–H and O–H groups in total. The van der Waals surface area contributed by atoms with E-state index < -0.39 is 5.60 Å². The maximum atomic E-state index is 9.50. The normalized spacial score (nSPS) is 12.6. The minimum absolute atomic E-state index is 0.0237. The van der Waals surface area contributed by atoms with Gasteiger partial charge < -0.3 is 19.1 Å². The Hall–Kier alpha value is -3.70. The third kappa shape index (κ3) is 5.52. The van der Waals surface area contributed by atoms with Crippen molar-refractivity contribution >= 4 is 10.9 Å². The fourth-order valence-corrected chi connectivity index (χ4v) is 5.04. The van der Waals surface area contributed by atoms with Crippen molar-refractivity contribution in [3.8, 4) is 0 Å². The topological polar surface area (TPSA) is 43.6 Å². The summed E-state index contributed by atoms with van der Waals surface area (Å²) in [6.45, 7) is 1.42. The summed E-state index contributed by atoms with van der Waals surface area (Å²) in [5.41, 5.74) is 3.58. The maximum Gasteiger partial charge on any atom is 0.143 e. The van der Waals surface area contributed by atoms with Gasteiger partial charge in [-0.15, -0.1) is 0 Å². The highest BCUT2D eigenvalue weighted by Gasteiger charge is 2.38. The van der Waals surface area contributed by atoms with Gasteiger partial charge in [-0.1, -0.05) is 109 Å². The Labute approximate surface area is 218 Å². The lowest BCUT2D eigenvalue weighted by atomic mass is 9.80. The van der Waals surface area contributed by atoms with Crippen LogP contribution in [-0.2, 0) is 21.6 Å². The summed E-state index contributed by atoms with van der Waals surface area (Å²) in [6.07, 6.45) is 2.69. The van der Waals surface area contributed by atoms with Crippen molar-refractivity contribution in [1.82, 2.24) is 4.57 Å². The zero-order valence-electron chi connectivity index (χ0n) is 20.9. The first-order chi connectivity index (χ1) is 18.3. The van der Waals surface area contributed by atoms with Gasteiger partial charge in [0.1, 0.15) is 5.60 Å². The Kier molecular flexibility index (Phi) is 8.11. The smallest absolute Gasteiger partial charge is 0.143 e. The van der Waals surface area contributed by atoms with Crippen LogP contribution in [-0.4, -0.2) is 35.6 Å². The molecule has 37 heavy (non-hydrogen) atoms. The predicted molar refractivity (Wildman–Crippen MR) is 149 cm³/mol. The number of hydrogen-bond donors (Lipinski definition) is 1. The molecule has 0 bridgehead atoms. The van der Waals surface area contributed by atoms with E-state index in [0.717, 1.165) is 29.7 Å². The molecule has 1 heterocycles. The Morgan fingerprint density at radius 1 is 0.676 bits per heavy atom. The Morgan fingerprint density at radius 2 is 1.22 bits per heavy atom. The van der Waals surface area contributed by atoms with Crippen molar-refractivity contribution in [2.75, 3.05) is 19.8 Å². The van der Waals surface area contributed by atoms with Crippen LogP contribution in [0.1, 0.15) is 23.1 Å². The van der Waals surface area contributed by atoms with Gasteiger partial charge in [0.25, 0.3) is 0 Å². The first-order valence-corrected chi connectivity index (χ1v) is 12.9. The average Bonchev–Trinajstić information content (AvgIpc) is 3.39. The number of hydrogen-bond acceptors (Lipinski definition) is 3. The number of aromatic nitrogens is 1. The number of rotatable bonds is 12. The zero-order chi connectivity index (χ0) is 25.3. The second-order valence-corrected chi connectivity index (χ2v) is 9.16. The summed E-state index contributed by atoms with van der Waals surface area (Å²) in [7, 11) is 0. The van der Waals surface area contributed by atoms with Gasteiger partial charge in [-0.3, -0.25) is 0 Å². The molecule has 1 atom stereocenters. The van der Waals surface area contributed by atoms with Crippen LogP contribution in [0.25, 0.3) is 10.9 Å². The van der Waals surface area contributed by atoms with Gasteiger partial charge in [-0.25, -0.2) is 0 Å². The Balaban J connectivity index is 1.46. The number of fused-ring (bicyclic) bond motifs is 1. The number of benzene rings is 4. The number of nitrogens with zero attached hydrogens (tertiary/aromatic N) is 1. The summed E-state index contributed by atoms with van der Waals surface area (Å²) < 4.78 is 15.4. The van der Waals surface area contributed by atoms with E-state index in [9.17, 15) is 5.11 Å². The first-order valence-electron chi connectivity index (χ1n) is 12.9. The second kappa shape index (κ2) is 12.0. The van der Waals surface area contributed by atoms with Crippen molar-refractivity contribution in [3.63, 3.8) is 0 Å². The third-order valence-electron chi connectivity index (χ3n) is 6.84. The van der Waals surface area contributed by atoms with Crippen LogP contribution in [0.5, 0.6) is 0 Å². The molecule has 0 fully saturated rings. The van der Waals surface area contributed by atoms with Gasteiger partial charge in [0.05, 0.1) is 25.9 Å². The van der Waals surface area contributed by atoms with E-state index >= 15 is 0 Å². The molecule has 1 aromatic heterocycles. The van der Waals surface area contributed by atoms with Crippen molar-refractivity contribution < 1.29 is 14.6 Å². The molecule has 4 nitrogen and oxygen atoms in total. The van der Waals surface area contributed by atoms with E-state index in [2.05, 4.69) is 114 Å². The molecule has 0 spiro atoms. The summed E-state index contributed by atoms with van der Waals surface area (Å²) in [5.74, 6) is 0. The average molecular weight is 492 g/mol. The Morgan fingerprint density at radius 3 is 1.78 bits per heavy atom. The van der Waals surface area contributed by atoms with E-state index in [0.29, 0.717) is 6.61 Å². The number of ether oxygens (including phenoxy) is 2. The molecule has 4 aromatic carbocycles. The molecule has 0 radical (unpaired) electrons. The molecule has 0 aliphatic carbocycles. The molecular formula is C33H33NO3. The van der Waals surface area contributed by atoms with Crippen LogP contribution >= 0.6 is 0 Å². The van der Waals surface area contributed by atoms with Crippen LogP contribution in [0.4, 0.5) is 0 Å². The maximum absolute atomic E-state index is 9.50. The van der Waals surface area contributed by atoms with Gasteiger partial charge in [0.2, 0.25) is 0 Å². The highest BCUT2D eigenvalue weighted by atomic mass is 16.5. The van der Waals surface area contributed by atoms with Crippen LogP contribution in [0.3, 0.4) is 0 Å². The zero-order valence-corrected chi connectivity index (χ0v) is 20.9. The summed E-state index contributed by atoms with van der Waals surface area (Å²) >= 11 is 0. The van der Waals surface area contributed by atoms with Crippen molar-refractivity contribution in [2.24, 2.45) is 0 Å². The standard InChI is InChI=1S/C33H33NO3/c35-24-25-36-31(21-23-34-22-20-27-12-10-11-19-32(27)34)26-37-33(28-13-4-1-5-14-28,29-15-6-2-7-16-29)30-17-8-3-9-18-30/h1-20,22,31,35H,21,23-26H2/t31-/m0/s1. The summed E-state index contributed by atoms with van der Waals surface area (Å²) in [4.78, 5) is 0. The monoisotopic (exact) mass is 491 g/mol. The van der Waals surface area contributed by atoms with Gasteiger partial charge >= 0.3 is 0 Å². The lowest BCUT2D eigenvalue weighted by Gasteiger charge is -2.37. The first kappa shape index (κ1) is 25.0. The highest BCUT2D eigenvalue weighted by molar-refractivity contribution is 5.79. The molecule has 0 amide bonds. The van der Waals surface area contributed by atoms with Gasteiger partial charge in [0, 0.05) is 18.3 Å². The molecule has 188 valence electrons. The van der Waals surface area contributed by atoms with Crippen LogP contribution < -0.4 is 0 Å². The van der Waals surface area contributed by atoms with E-state index in [1.54, 1.807) is 0 Å². The molecule has 0 aliphatic rings. The lowest BCUT2D eigenvalue weighted by Crippen LogP contribution is -2.36. The van der Waals surface area contributed by atoms with Crippen LogP contribution in [0.2, 0.25) is 0 Å². The van der Waals surface area contributed by atoms with Gasteiger partial charge in [-0.05, 0) is 40.6 Å². The van der Waals surface area contributed by atoms with E-state index in [1.165, 1.54) is 10.9 Å². The molecule has 0 saturated carbocycles. The summed E-state index contributed by atoms with van der Waals surface area (Å²) in [5, 5.41) is 10.7. The number of aliphatic hydroxyl groups is 1. The molecule has 4 heteroatoms. The minimum atomic E-state index is -0.801. The largest absolute Gasteiger partial charge is 0.394 e. The molecule has 0 aliphatic heterocycles. The van der Waals surface area contributed by atoms with E-state index in [1.807, 2.05) is 18.2 Å². The third-order valence-corrected chi connectivity index (χ3v) is 6.84. The fraction of sp³-hybridized carbons (Fsp3) is 0.212. The van der Waals surface area contributed by atoms with Crippen LogP contribution in [0.15, 0.2) is 128 Å². The van der Waals surface area contributed by atoms with Crippen LogP contribution in [0, 0.1) is 0 Å². The predicted octanol–water partition coefficient (Wildman–Crippen LogP) is 6.42. The SMILES string of the molecule is OCCO[C@@H](CCn1ccc2ccccc21)COC(c1ccccc1)(c1ccccc1)c1ccccc1. The fourth-order valence-electron chi connectivity index (χ4n) is 5.04. The van der Waals surface area contributed by atoms with E-state index in [-0.39, 0.29) is 19.3 Å². The second-order valence-electron chi connectivity index (χ2n) is 9.16. The lowest BCUT2D eigenvalue weighted by molar-refractivity contribution is -0.0736. The summed E-state index contributed by atoms with van der Waals surface area (Å²) in [6, 6.07) is 41.6.